The Bertz CT molecular complexity index is 477. The van der Waals surface area contributed by atoms with Gasteiger partial charge in [-0.05, 0) is 44.2 Å². The van der Waals surface area contributed by atoms with Crippen molar-refractivity contribution in [2.24, 2.45) is 5.92 Å². The van der Waals surface area contributed by atoms with Gasteiger partial charge in [-0.3, -0.25) is 0 Å². The number of hydrogen-bond acceptors (Lipinski definition) is 3. The summed E-state index contributed by atoms with van der Waals surface area (Å²) >= 11 is 5.85. The molecule has 21 heavy (non-hydrogen) atoms. The van der Waals surface area contributed by atoms with Crippen molar-refractivity contribution >= 4 is 17.4 Å². The van der Waals surface area contributed by atoms with Gasteiger partial charge in [0, 0.05) is 25.0 Å². The van der Waals surface area contributed by atoms with Gasteiger partial charge in [0.25, 0.3) is 0 Å². The predicted molar refractivity (Wildman–Crippen MR) is 90.7 cm³/mol. The second-order valence-corrected chi connectivity index (χ2v) is 6.33. The van der Waals surface area contributed by atoms with Crippen LogP contribution in [0.3, 0.4) is 0 Å². The lowest BCUT2D eigenvalue weighted by Crippen LogP contribution is -2.64. The van der Waals surface area contributed by atoms with Gasteiger partial charge < -0.3 is 10.2 Å². The molecule has 4 heteroatoms. The largest absolute Gasteiger partial charge is 0.368 e. The van der Waals surface area contributed by atoms with Crippen LogP contribution in [0.1, 0.15) is 40.0 Å². The van der Waals surface area contributed by atoms with Gasteiger partial charge >= 0.3 is 0 Å². The molecule has 0 amide bonds. The van der Waals surface area contributed by atoms with Crippen molar-refractivity contribution < 1.29 is 0 Å². The summed E-state index contributed by atoms with van der Waals surface area (Å²) in [6, 6.07) is 3.80. The van der Waals surface area contributed by atoms with E-state index < -0.39 is 0 Å². The van der Waals surface area contributed by atoms with E-state index >= 15 is 0 Å². The van der Waals surface area contributed by atoms with E-state index in [1.165, 1.54) is 25.0 Å². The highest BCUT2D eigenvalue weighted by Crippen LogP contribution is 2.49. The van der Waals surface area contributed by atoms with Crippen LogP contribution in [0.15, 0.2) is 30.6 Å². The molecule has 2 aliphatic heterocycles. The lowest BCUT2D eigenvalue weighted by molar-refractivity contribution is -0.0454. The quantitative estimate of drug-likeness (QED) is 0.883. The summed E-state index contributed by atoms with van der Waals surface area (Å²) in [6.07, 6.45) is 5.55. The Morgan fingerprint density at radius 1 is 1.48 bits per heavy atom. The van der Waals surface area contributed by atoms with Crippen LogP contribution < -0.4 is 5.32 Å². The number of aromatic nitrogens is 1. The van der Waals surface area contributed by atoms with E-state index in [-0.39, 0.29) is 5.54 Å². The van der Waals surface area contributed by atoms with Crippen molar-refractivity contribution in [3.63, 3.8) is 0 Å². The van der Waals surface area contributed by atoms with Gasteiger partial charge in [-0.15, -0.1) is 0 Å². The van der Waals surface area contributed by atoms with Crippen LogP contribution in [0, 0.1) is 5.92 Å². The second kappa shape index (κ2) is 6.69. The van der Waals surface area contributed by atoms with Gasteiger partial charge in [-0.25, -0.2) is 4.98 Å². The van der Waals surface area contributed by atoms with Crippen molar-refractivity contribution in [3.05, 3.63) is 35.6 Å². The van der Waals surface area contributed by atoms with Gasteiger partial charge in [0.05, 0.1) is 10.6 Å². The normalized spacial score (nSPS) is 26.3. The molecule has 2 bridgehead atoms. The molecular weight excluding hydrogens is 282 g/mol. The fourth-order valence-electron chi connectivity index (χ4n) is 3.56. The number of pyridine rings is 1. The Balaban J connectivity index is 0.000000774. The summed E-state index contributed by atoms with van der Waals surface area (Å²) in [5, 5.41) is 4.13. The molecule has 3 nitrogen and oxygen atoms in total. The van der Waals surface area contributed by atoms with Crippen molar-refractivity contribution in [1.29, 1.82) is 0 Å². The van der Waals surface area contributed by atoms with Gasteiger partial charge in [-0.2, -0.15) is 0 Å². The molecule has 1 aromatic rings. The number of nitrogens with zero attached hydrogens (tertiary/aromatic N) is 2. The van der Waals surface area contributed by atoms with E-state index in [2.05, 4.69) is 28.7 Å². The Kier molecular flexibility index (Phi) is 5.15. The lowest BCUT2D eigenvalue weighted by Gasteiger charge is -2.60. The van der Waals surface area contributed by atoms with Gasteiger partial charge in [0.2, 0.25) is 0 Å². The Morgan fingerprint density at radius 3 is 2.76 bits per heavy atom. The lowest BCUT2D eigenvalue weighted by atomic mass is 9.62. The Morgan fingerprint density at radius 2 is 2.19 bits per heavy atom. The number of piperidine rings is 2. The first-order valence-electron chi connectivity index (χ1n) is 7.88. The molecule has 2 saturated heterocycles. The molecule has 0 radical (unpaired) electrons. The smallest absolute Gasteiger partial charge is 0.126 e. The highest BCUT2D eigenvalue weighted by atomic mass is 35.5. The molecule has 0 unspecified atom stereocenters. The average Bonchev–Trinajstić information content (AvgIpc) is 2.48. The fourth-order valence-corrected chi connectivity index (χ4v) is 3.67. The van der Waals surface area contributed by atoms with Crippen molar-refractivity contribution in [3.8, 4) is 0 Å². The van der Waals surface area contributed by atoms with Crippen LogP contribution in [-0.4, -0.2) is 28.5 Å². The molecular formula is C17H26ClN3. The maximum atomic E-state index is 5.85. The molecule has 1 aliphatic carbocycles. The summed E-state index contributed by atoms with van der Waals surface area (Å²) < 4.78 is 0. The van der Waals surface area contributed by atoms with E-state index in [1.54, 1.807) is 6.20 Å². The first-order chi connectivity index (χ1) is 10.1. The summed E-state index contributed by atoms with van der Waals surface area (Å²) in [7, 11) is 0. The third-order valence-corrected chi connectivity index (χ3v) is 4.68. The van der Waals surface area contributed by atoms with Gasteiger partial charge in [-0.1, -0.05) is 32.0 Å². The van der Waals surface area contributed by atoms with E-state index in [1.807, 2.05) is 26.0 Å². The molecule has 116 valence electrons. The zero-order valence-electron chi connectivity index (χ0n) is 13.3. The minimum Gasteiger partial charge on any atom is -0.368 e. The zero-order chi connectivity index (χ0) is 15.5. The van der Waals surface area contributed by atoms with Gasteiger partial charge in [0.1, 0.15) is 5.82 Å². The highest BCUT2D eigenvalue weighted by molar-refractivity contribution is 6.30. The summed E-state index contributed by atoms with van der Waals surface area (Å²) in [4.78, 5) is 6.78. The molecule has 1 N–H and O–H groups in total. The molecule has 3 fully saturated rings. The first-order valence-corrected chi connectivity index (χ1v) is 8.25. The van der Waals surface area contributed by atoms with E-state index in [0.29, 0.717) is 5.02 Å². The number of nitrogens with one attached hydrogen (secondary N) is 1. The monoisotopic (exact) mass is 307 g/mol. The molecule has 4 rings (SSSR count). The number of anilines is 1. The Hall–Kier alpha value is -1.22. The van der Waals surface area contributed by atoms with Crippen LogP contribution in [0.5, 0.6) is 0 Å². The third-order valence-electron chi connectivity index (χ3n) is 4.46. The zero-order valence-corrected chi connectivity index (χ0v) is 14.1. The minimum absolute atomic E-state index is 0.260. The van der Waals surface area contributed by atoms with Gasteiger partial charge in [0.15, 0.2) is 0 Å². The van der Waals surface area contributed by atoms with Crippen LogP contribution in [-0.2, 0) is 0 Å². The topological polar surface area (TPSA) is 28.2 Å². The third kappa shape index (κ3) is 3.34. The average molecular weight is 308 g/mol. The highest BCUT2D eigenvalue weighted by Gasteiger charge is 2.51. The maximum Gasteiger partial charge on any atom is 0.126 e. The van der Waals surface area contributed by atoms with Crippen molar-refractivity contribution in [1.82, 2.24) is 9.88 Å². The summed E-state index contributed by atoms with van der Waals surface area (Å²) in [5.74, 6) is 1.81. The minimum atomic E-state index is 0.260. The SMILES string of the molecule is C=C(C)N1CCC2CC1(CNc1ccc(Cl)cn1)C2.CC. The van der Waals surface area contributed by atoms with Crippen LogP contribution in [0.25, 0.3) is 0 Å². The number of allylic oxidation sites excluding steroid dienone is 1. The van der Waals surface area contributed by atoms with E-state index in [0.717, 1.165) is 24.8 Å². The van der Waals surface area contributed by atoms with Crippen LogP contribution >= 0.6 is 11.6 Å². The molecule has 1 aromatic heterocycles. The molecule has 3 aliphatic rings. The van der Waals surface area contributed by atoms with E-state index in [4.69, 9.17) is 11.6 Å². The Labute approximate surface area is 133 Å². The standard InChI is InChI=1S/C15H20ClN3.C2H6/c1-11(2)19-6-5-12-7-15(19,8-12)10-18-14-4-3-13(16)9-17-14;1-2/h3-4,9,12H,1,5-8,10H2,2H3,(H,17,18);1-2H3. The molecule has 0 aromatic carbocycles. The maximum absolute atomic E-state index is 5.85. The molecule has 1 saturated carbocycles. The summed E-state index contributed by atoms with van der Waals surface area (Å²) in [5.41, 5.74) is 1.44. The van der Waals surface area contributed by atoms with Crippen LogP contribution in [0.2, 0.25) is 5.02 Å². The van der Waals surface area contributed by atoms with Crippen LogP contribution in [0.4, 0.5) is 5.82 Å². The number of rotatable bonds is 4. The van der Waals surface area contributed by atoms with Crippen molar-refractivity contribution in [2.75, 3.05) is 18.4 Å². The molecule has 0 atom stereocenters. The summed E-state index contributed by atoms with van der Waals surface area (Å²) in [6.45, 7) is 12.3. The van der Waals surface area contributed by atoms with Crippen molar-refractivity contribution in [2.45, 2.75) is 45.6 Å². The fraction of sp³-hybridized carbons (Fsp3) is 0.588. The molecule has 0 spiro atoms. The first kappa shape index (κ1) is 16.2. The van der Waals surface area contributed by atoms with E-state index in [9.17, 15) is 0 Å². The number of hydrogen-bond donors (Lipinski definition) is 1. The molecule has 3 heterocycles. The number of fused-ring (bicyclic) bond motifs is 2. The predicted octanol–water partition coefficient (Wildman–Crippen LogP) is 4.56. The second-order valence-electron chi connectivity index (χ2n) is 5.89. The number of halogens is 1.